The predicted molar refractivity (Wildman–Crippen MR) is 95.2 cm³/mol. The van der Waals surface area contributed by atoms with Crippen molar-refractivity contribution in [2.24, 2.45) is 0 Å². The zero-order valence-corrected chi connectivity index (χ0v) is 19.1. The van der Waals surface area contributed by atoms with E-state index in [0.29, 0.717) is 36.0 Å². The average Bonchev–Trinajstić information content (AvgIpc) is 2.58. The van der Waals surface area contributed by atoms with Crippen LogP contribution in [0.1, 0.15) is 24.2 Å². The van der Waals surface area contributed by atoms with Crippen molar-refractivity contribution in [1.82, 2.24) is 0 Å². The molecule has 26 heavy (non-hydrogen) atoms. The van der Waals surface area contributed by atoms with E-state index in [1.165, 1.54) is 6.07 Å². The number of diazo groups is 1. The summed E-state index contributed by atoms with van der Waals surface area (Å²) in [5, 5.41) is 11.9. The number of hydrogen-bond donors (Lipinski definition) is 1. The van der Waals surface area contributed by atoms with E-state index in [4.69, 9.17) is 14.9 Å². The minimum Gasteiger partial charge on any atom is -1.00 e. The van der Waals surface area contributed by atoms with Gasteiger partial charge in [-0.1, -0.05) is 18.2 Å². The van der Waals surface area contributed by atoms with Gasteiger partial charge in [-0.25, -0.2) is 0 Å². The van der Waals surface area contributed by atoms with E-state index in [2.05, 4.69) is 10.3 Å². The van der Waals surface area contributed by atoms with Crippen LogP contribution in [0.4, 0.5) is 11.4 Å². The summed E-state index contributed by atoms with van der Waals surface area (Å²) in [6.07, 6.45) is 0. The van der Waals surface area contributed by atoms with Crippen LogP contribution in [0.3, 0.4) is 0 Å². The zero-order valence-electron chi connectivity index (χ0n) is 14.6. The van der Waals surface area contributed by atoms with Crippen LogP contribution in [0.25, 0.3) is 4.98 Å². The Morgan fingerprint density at radius 3 is 2.19 bits per heavy atom. The molecule has 2 aromatic rings. The minimum absolute atomic E-state index is 0. The smallest absolute Gasteiger partial charge is 0.430 e. The van der Waals surface area contributed by atoms with Gasteiger partial charge in [0.15, 0.2) is 10.7 Å². The van der Waals surface area contributed by atoms with Gasteiger partial charge in [0, 0.05) is 31.1 Å². The van der Waals surface area contributed by atoms with E-state index in [9.17, 15) is 4.79 Å². The molecule has 0 aromatic heterocycles. The van der Waals surface area contributed by atoms with E-state index in [1.54, 1.807) is 30.3 Å². The molecule has 0 atom stereocenters. The molecule has 136 valence electrons. The Bertz CT molecular complexity index is 740. The molecule has 0 spiro atoms. The number of carbonyl (C=O) groups is 1. The second-order valence-electron chi connectivity index (χ2n) is 4.60. The number of rotatable bonds is 6. The Kier molecular flexibility index (Phi) is 13.5. The van der Waals surface area contributed by atoms with Gasteiger partial charge in [-0.15, -0.1) is 12.4 Å². The number of benzene rings is 2. The van der Waals surface area contributed by atoms with Crippen molar-refractivity contribution < 1.29 is 46.2 Å². The molecule has 0 fully saturated rings. The largest absolute Gasteiger partial charge is 1.00 e. The van der Waals surface area contributed by atoms with E-state index in [0.717, 1.165) is 0 Å². The maximum atomic E-state index is 12.3. The molecule has 1 N–H and O–H groups in total. The van der Waals surface area contributed by atoms with Crippen molar-refractivity contribution >= 4 is 29.7 Å². The fourth-order valence-corrected chi connectivity index (χ4v) is 2.06. The molecular weight excluding hydrogens is 431 g/mol. The van der Waals surface area contributed by atoms with Crippen LogP contribution in [0.2, 0.25) is 0 Å². The van der Waals surface area contributed by atoms with Gasteiger partial charge < -0.3 is 27.2 Å². The van der Waals surface area contributed by atoms with Gasteiger partial charge in [0.2, 0.25) is 11.1 Å². The van der Waals surface area contributed by atoms with Crippen LogP contribution in [0.15, 0.2) is 42.5 Å². The van der Waals surface area contributed by atoms with Gasteiger partial charge in [0.25, 0.3) is 5.91 Å². The maximum absolute atomic E-state index is 12.3. The quantitative estimate of drug-likeness (QED) is 0.537. The summed E-state index contributed by atoms with van der Waals surface area (Å²) in [4.78, 5) is 15.5. The molecule has 0 aliphatic carbocycles. The number of amides is 1. The Hall–Kier alpha value is -1.87. The third-order valence-corrected chi connectivity index (χ3v) is 3.05. The molecule has 2 aromatic carbocycles. The minimum atomic E-state index is -0.261. The van der Waals surface area contributed by atoms with Gasteiger partial charge in [-0.3, -0.25) is 4.79 Å². The van der Waals surface area contributed by atoms with E-state index >= 15 is 0 Å². The summed E-state index contributed by atoms with van der Waals surface area (Å²) in [5.41, 5.74) is 1.23. The van der Waals surface area contributed by atoms with Gasteiger partial charge in [-0.05, 0) is 26.0 Å². The maximum Gasteiger partial charge on any atom is 0.430 e. The molecule has 1 amide bonds. The number of anilines is 1. The fraction of sp³-hybridized carbons (Fsp3) is 0.235. The summed E-state index contributed by atoms with van der Waals surface area (Å²) >= 11 is 0. The Balaban J connectivity index is 0. The summed E-state index contributed by atoms with van der Waals surface area (Å²) in [7, 11) is 0. The third kappa shape index (κ3) is 6.80. The number of hydrogen-bond acceptors (Lipinski definition) is 4. The fourth-order valence-electron chi connectivity index (χ4n) is 2.06. The number of nitrogens with zero attached hydrogens (tertiary/aromatic N) is 2. The molecular formula is C17H19Cl2N3O3Zn. The molecule has 9 heteroatoms. The monoisotopic (exact) mass is 447 g/mol. The number of halogens is 2. The molecule has 0 saturated carbocycles. The molecule has 0 radical (unpaired) electrons. The van der Waals surface area contributed by atoms with Crippen molar-refractivity contribution in [1.29, 1.82) is 5.39 Å². The molecule has 0 heterocycles. The number of carbonyl (C=O) groups excluding carboxylic acids is 1. The third-order valence-electron chi connectivity index (χ3n) is 3.05. The summed E-state index contributed by atoms with van der Waals surface area (Å²) < 4.78 is 10.9. The number of ether oxygens (including phenoxy) is 2. The first-order chi connectivity index (χ1) is 11.2. The van der Waals surface area contributed by atoms with Crippen molar-refractivity contribution in [2.45, 2.75) is 13.8 Å². The van der Waals surface area contributed by atoms with Crippen LogP contribution in [-0.4, -0.2) is 19.1 Å². The molecule has 2 rings (SSSR count). The van der Waals surface area contributed by atoms with Gasteiger partial charge in [0.05, 0.1) is 25.0 Å². The first-order valence-corrected chi connectivity index (χ1v) is 7.34. The Morgan fingerprint density at radius 2 is 1.65 bits per heavy atom. The van der Waals surface area contributed by atoms with Crippen molar-refractivity contribution in [3.8, 4) is 11.5 Å². The molecule has 6 nitrogen and oxygen atoms in total. The van der Waals surface area contributed by atoms with Crippen LogP contribution in [0.5, 0.6) is 11.5 Å². The van der Waals surface area contributed by atoms with Crippen LogP contribution < -0.4 is 27.2 Å². The Labute approximate surface area is 177 Å². The van der Waals surface area contributed by atoms with E-state index < -0.39 is 0 Å². The molecule has 0 unspecified atom stereocenters. The van der Waals surface area contributed by atoms with Crippen molar-refractivity contribution in [3.05, 3.63) is 53.0 Å². The number of nitrogens with one attached hydrogen (secondary N) is 1. The van der Waals surface area contributed by atoms with Crippen molar-refractivity contribution in [3.63, 3.8) is 0 Å². The molecule has 0 saturated heterocycles. The summed E-state index contributed by atoms with van der Waals surface area (Å²) in [6, 6.07) is 12.0. The summed E-state index contributed by atoms with van der Waals surface area (Å²) in [6.45, 7) is 4.46. The van der Waals surface area contributed by atoms with Gasteiger partial charge >= 0.3 is 5.69 Å². The zero-order chi connectivity index (χ0) is 16.7. The van der Waals surface area contributed by atoms with Crippen LogP contribution >= 0.6 is 12.4 Å². The molecule has 0 bridgehead atoms. The molecule has 0 aliphatic rings. The van der Waals surface area contributed by atoms with Crippen LogP contribution in [-0.2, 0) is 19.5 Å². The predicted octanol–water partition coefficient (Wildman–Crippen LogP) is 1.64. The topological polar surface area (TPSA) is 75.7 Å². The van der Waals surface area contributed by atoms with E-state index in [1.807, 2.05) is 19.9 Å². The standard InChI is InChI=1S/C17H17N3O3.2ClH.Zn/c1-3-22-15-11-14(20-18)16(23-4-2)10-13(15)19-17(21)12-8-6-5-7-9-12;;;/h5-11H,3-4H2,1-2H3;2*1H;. The average molecular weight is 450 g/mol. The first-order valence-electron chi connectivity index (χ1n) is 7.34. The normalized spacial score (nSPS) is 8.65. The van der Waals surface area contributed by atoms with Gasteiger partial charge in [0.1, 0.15) is 0 Å². The Morgan fingerprint density at radius 1 is 1.08 bits per heavy atom. The second kappa shape index (κ2) is 13.4. The van der Waals surface area contributed by atoms with Crippen LogP contribution in [0, 0.1) is 5.39 Å². The first kappa shape index (κ1) is 26.4. The second-order valence-corrected chi connectivity index (χ2v) is 4.60. The SMILES string of the molecule is CCOc1cc(NC(=O)c2ccccc2)c(OCC)cc1[N+]#N.Cl.[Cl-].[Zn]. The van der Waals surface area contributed by atoms with Crippen molar-refractivity contribution in [2.75, 3.05) is 18.5 Å². The summed E-state index contributed by atoms with van der Waals surface area (Å²) in [5.74, 6) is 0.512. The van der Waals surface area contributed by atoms with E-state index in [-0.39, 0.29) is 55.9 Å². The van der Waals surface area contributed by atoms with Gasteiger partial charge in [-0.2, -0.15) is 0 Å². The molecule has 0 aliphatic heterocycles.